The van der Waals surface area contributed by atoms with E-state index >= 15 is 0 Å². The third-order valence-corrected chi connectivity index (χ3v) is 14.5. The Kier molecular flexibility index (Phi) is 56.0. The molecule has 0 saturated heterocycles. The molecular weight excluding hydrogens is 853 g/mol. The molecule has 0 aromatic carbocycles. The first-order valence-electron chi connectivity index (χ1n) is 31.4. The van der Waals surface area contributed by atoms with Gasteiger partial charge in [-0.15, -0.1) is 0 Å². The molecule has 6 nitrogen and oxygen atoms in total. The molecule has 0 aliphatic heterocycles. The smallest absolute Gasteiger partial charge is 0.306 e. The van der Waals surface area contributed by atoms with Gasteiger partial charge in [0.25, 0.3) is 0 Å². The van der Waals surface area contributed by atoms with Gasteiger partial charge < -0.3 is 14.2 Å². The summed E-state index contributed by atoms with van der Waals surface area (Å²) in [5.74, 6) is 0.0249. The highest BCUT2D eigenvalue weighted by atomic mass is 16.6. The summed E-state index contributed by atoms with van der Waals surface area (Å²) < 4.78 is 16.9. The summed E-state index contributed by atoms with van der Waals surface area (Å²) in [5, 5.41) is 0. The van der Waals surface area contributed by atoms with E-state index in [1.807, 2.05) is 0 Å². The van der Waals surface area contributed by atoms with Gasteiger partial charge in [-0.25, -0.2) is 0 Å². The first-order chi connectivity index (χ1) is 33.9. The Morgan fingerprint density at radius 3 is 0.710 bits per heavy atom. The Morgan fingerprint density at radius 2 is 0.478 bits per heavy atom. The summed E-state index contributed by atoms with van der Waals surface area (Å²) >= 11 is 0. The van der Waals surface area contributed by atoms with E-state index in [1.165, 1.54) is 257 Å². The number of esters is 3. The molecular formula is C63H122O6. The lowest BCUT2D eigenvalue weighted by molar-refractivity contribution is -0.167. The van der Waals surface area contributed by atoms with Crippen LogP contribution in [0.25, 0.3) is 0 Å². The first kappa shape index (κ1) is 67.4. The zero-order valence-corrected chi connectivity index (χ0v) is 47.3. The number of ether oxygens (including phenoxy) is 3. The quantitative estimate of drug-likeness (QED) is 0.0343. The Bertz CT molecular complexity index is 1040. The van der Waals surface area contributed by atoms with Crippen molar-refractivity contribution in [1.82, 2.24) is 0 Å². The number of hydrogen-bond acceptors (Lipinski definition) is 6. The van der Waals surface area contributed by atoms with Crippen molar-refractivity contribution in [3.63, 3.8) is 0 Å². The zero-order chi connectivity index (χ0) is 50.2. The van der Waals surface area contributed by atoms with E-state index in [2.05, 4.69) is 27.7 Å². The molecule has 0 bridgehead atoms. The standard InChI is InChI=1S/C63H122O6/c1-5-7-9-11-13-15-17-19-21-26-30-34-38-42-46-50-54-61(64)67-57-60(69-63(66)56-52-48-44-40-36-32-27-22-20-18-16-14-12-10-8-6-2)58-68-62(65)55-51-47-43-39-35-31-28-24-23-25-29-33-37-41-45-49-53-59(3)4/h59-60H,5-58H2,1-4H3/t60-/m0/s1. The fourth-order valence-electron chi connectivity index (χ4n) is 9.81. The largest absolute Gasteiger partial charge is 0.462 e. The summed E-state index contributed by atoms with van der Waals surface area (Å²) in [5.41, 5.74) is 0. The lowest BCUT2D eigenvalue weighted by atomic mass is 10.0. The van der Waals surface area contributed by atoms with Crippen LogP contribution in [0.2, 0.25) is 0 Å². The third-order valence-electron chi connectivity index (χ3n) is 14.5. The molecule has 0 N–H and O–H groups in total. The Hall–Kier alpha value is -1.59. The van der Waals surface area contributed by atoms with E-state index in [0.29, 0.717) is 19.3 Å². The summed E-state index contributed by atoms with van der Waals surface area (Å²) in [6.07, 6.45) is 63.8. The fourth-order valence-corrected chi connectivity index (χ4v) is 9.81. The maximum atomic E-state index is 12.9. The van der Waals surface area contributed by atoms with Crippen LogP contribution >= 0.6 is 0 Å². The number of carbonyl (C=O) groups excluding carboxylic acids is 3. The van der Waals surface area contributed by atoms with E-state index in [0.717, 1.165) is 63.7 Å². The Labute approximate surface area is 431 Å². The van der Waals surface area contributed by atoms with Crippen molar-refractivity contribution in [3.8, 4) is 0 Å². The normalized spacial score (nSPS) is 12.0. The van der Waals surface area contributed by atoms with Crippen molar-refractivity contribution in [1.29, 1.82) is 0 Å². The molecule has 6 heteroatoms. The van der Waals surface area contributed by atoms with E-state index in [4.69, 9.17) is 14.2 Å². The van der Waals surface area contributed by atoms with Crippen molar-refractivity contribution in [2.45, 2.75) is 368 Å². The van der Waals surface area contributed by atoms with Crippen molar-refractivity contribution in [3.05, 3.63) is 0 Å². The molecule has 0 unspecified atom stereocenters. The monoisotopic (exact) mass is 975 g/mol. The first-order valence-corrected chi connectivity index (χ1v) is 31.4. The zero-order valence-electron chi connectivity index (χ0n) is 47.3. The highest BCUT2D eigenvalue weighted by Crippen LogP contribution is 2.19. The molecule has 0 spiro atoms. The molecule has 0 radical (unpaired) electrons. The van der Waals surface area contributed by atoms with Gasteiger partial charge in [0.1, 0.15) is 13.2 Å². The molecule has 0 aromatic rings. The second kappa shape index (κ2) is 57.3. The van der Waals surface area contributed by atoms with Crippen LogP contribution in [0.15, 0.2) is 0 Å². The molecule has 0 amide bonds. The van der Waals surface area contributed by atoms with Gasteiger partial charge in [-0.2, -0.15) is 0 Å². The molecule has 0 aromatic heterocycles. The maximum Gasteiger partial charge on any atom is 0.306 e. The lowest BCUT2D eigenvalue weighted by Gasteiger charge is -2.18. The minimum Gasteiger partial charge on any atom is -0.462 e. The maximum absolute atomic E-state index is 12.9. The van der Waals surface area contributed by atoms with Gasteiger partial charge in [0, 0.05) is 19.3 Å². The highest BCUT2D eigenvalue weighted by Gasteiger charge is 2.19. The van der Waals surface area contributed by atoms with Crippen LogP contribution in [0, 0.1) is 5.92 Å². The molecule has 69 heavy (non-hydrogen) atoms. The SMILES string of the molecule is CCCCCCCCCCCCCCCCCCC(=O)OC[C@@H](COC(=O)CCCCCCCCCCCCCCCCCCC(C)C)OC(=O)CCCCCCCCCCCCCCCCCC. The van der Waals surface area contributed by atoms with E-state index < -0.39 is 6.10 Å². The van der Waals surface area contributed by atoms with Crippen LogP contribution in [0.4, 0.5) is 0 Å². The van der Waals surface area contributed by atoms with Gasteiger partial charge >= 0.3 is 17.9 Å². The van der Waals surface area contributed by atoms with Crippen molar-refractivity contribution < 1.29 is 28.6 Å². The third kappa shape index (κ3) is 57.2. The fraction of sp³-hybridized carbons (Fsp3) is 0.952. The summed E-state index contributed by atoms with van der Waals surface area (Å²) in [6, 6.07) is 0. The predicted molar refractivity (Wildman–Crippen MR) is 298 cm³/mol. The van der Waals surface area contributed by atoms with Crippen molar-refractivity contribution >= 4 is 17.9 Å². The van der Waals surface area contributed by atoms with Gasteiger partial charge in [-0.1, -0.05) is 323 Å². The van der Waals surface area contributed by atoms with Gasteiger partial charge in [0.2, 0.25) is 0 Å². The van der Waals surface area contributed by atoms with Crippen molar-refractivity contribution in [2.75, 3.05) is 13.2 Å². The number of carbonyl (C=O) groups is 3. The van der Waals surface area contributed by atoms with Crippen LogP contribution in [0.3, 0.4) is 0 Å². The lowest BCUT2D eigenvalue weighted by Crippen LogP contribution is -2.30. The van der Waals surface area contributed by atoms with E-state index in [9.17, 15) is 14.4 Å². The number of unbranched alkanes of at least 4 members (excludes halogenated alkanes) is 45. The molecule has 1 atom stereocenters. The summed E-state index contributed by atoms with van der Waals surface area (Å²) in [4.78, 5) is 38.3. The molecule has 0 saturated carbocycles. The molecule has 0 aliphatic carbocycles. The van der Waals surface area contributed by atoms with Crippen LogP contribution in [0.1, 0.15) is 362 Å². The molecule has 0 fully saturated rings. The van der Waals surface area contributed by atoms with Gasteiger partial charge in [-0.05, 0) is 25.2 Å². The molecule has 410 valence electrons. The van der Waals surface area contributed by atoms with Crippen LogP contribution in [-0.4, -0.2) is 37.2 Å². The second-order valence-corrected chi connectivity index (χ2v) is 22.2. The Morgan fingerprint density at radius 1 is 0.275 bits per heavy atom. The Balaban J connectivity index is 4.28. The summed E-state index contributed by atoms with van der Waals surface area (Å²) in [6.45, 7) is 9.09. The van der Waals surface area contributed by atoms with Crippen molar-refractivity contribution in [2.24, 2.45) is 5.92 Å². The number of hydrogen-bond donors (Lipinski definition) is 0. The summed E-state index contributed by atoms with van der Waals surface area (Å²) in [7, 11) is 0. The minimum atomic E-state index is -0.762. The second-order valence-electron chi connectivity index (χ2n) is 22.2. The highest BCUT2D eigenvalue weighted by molar-refractivity contribution is 5.71. The predicted octanol–water partition coefficient (Wildman–Crippen LogP) is 21.0. The number of rotatable bonds is 58. The van der Waals surface area contributed by atoms with Crippen LogP contribution < -0.4 is 0 Å². The molecule has 0 rings (SSSR count). The van der Waals surface area contributed by atoms with Crippen LogP contribution in [0.5, 0.6) is 0 Å². The van der Waals surface area contributed by atoms with Crippen LogP contribution in [-0.2, 0) is 28.6 Å². The van der Waals surface area contributed by atoms with Gasteiger partial charge in [0.15, 0.2) is 6.10 Å². The van der Waals surface area contributed by atoms with E-state index in [-0.39, 0.29) is 31.1 Å². The minimum absolute atomic E-state index is 0.0612. The van der Waals surface area contributed by atoms with Gasteiger partial charge in [0.05, 0.1) is 0 Å². The average Bonchev–Trinajstić information content (AvgIpc) is 3.34. The molecule has 0 heterocycles. The topological polar surface area (TPSA) is 78.9 Å². The van der Waals surface area contributed by atoms with E-state index in [1.54, 1.807) is 0 Å². The molecule has 0 aliphatic rings. The average molecular weight is 976 g/mol. The van der Waals surface area contributed by atoms with Gasteiger partial charge in [-0.3, -0.25) is 14.4 Å².